The molecule has 2 N–H and O–H groups in total. The van der Waals surface area contributed by atoms with Crippen LogP contribution in [0.5, 0.6) is 0 Å². The molecule has 0 saturated carbocycles. The molecule has 10 nitrogen and oxygen atoms in total. The van der Waals surface area contributed by atoms with Crippen LogP contribution in [0.2, 0.25) is 0 Å². The van der Waals surface area contributed by atoms with Crippen molar-refractivity contribution in [2.24, 2.45) is 0 Å². The summed E-state index contributed by atoms with van der Waals surface area (Å²) in [6.07, 6.45) is 22.7. The van der Waals surface area contributed by atoms with Gasteiger partial charge in [0.05, 0.1) is 49.8 Å². The van der Waals surface area contributed by atoms with Crippen LogP contribution in [0.3, 0.4) is 0 Å². The number of alkyl carbamates (subject to hydrolysis) is 1. The molecular formula is C46H92N2O8. The van der Waals surface area contributed by atoms with Crippen LogP contribution in [0.15, 0.2) is 0 Å². The van der Waals surface area contributed by atoms with Gasteiger partial charge < -0.3 is 39.1 Å². The van der Waals surface area contributed by atoms with Crippen molar-refractivity contribution in [3.63, 3.8) is 0 Å². The second-order valence-corrected chi connectivity index (χ2v) is 17.4. The summed E-state index contributed by atoms with van der Waals surface area (Å²) in [5, 5.41) is 5.86. The predicted octanol–water partition coefficient (Wildman–Crippen LogP) is 11.6. The minimum absolute atomic E-state index is 0.00437. The SMILES string of the molecule is CCCCCCC(C)(CCCCC)OCOCCOCCNC(=O)CCC(C)(CC)OCCC(C)(C)OCCNC(=O)OC(C)(CCCCC)CCCCCC. The van der Waals surface area contributed by atoms with Crippen molar-refractivity contribution in [2.45, 2.75) is 233 Å². The highest BCUT2D eigenvalue weighted by Gasteiger charge is 2.29. The molecule has 0 heterocycles. The Kier molecular flexibility index (Phi) is 32.5. The Morgan fingerprint density at radius 1 is 0.464 bits per heavy atom. The van der Waals surface area contributed by atoms with Crippen molar-refractivity contribution in [3.8, 4) is 0 Å². The van der Waals surface area contributed by atoms with Crippen LogP contribution in [-0.4, -0.2) is 87.3 Å². The van der Waals surface area contributed by atoms with Crippen molar-refractivity contribution in [2.75, 3.05) is 52.9 Å². The van der Waals surface area contributed by atoms with E-state index in [9.17, 15) is 9.59 Å². The van der Waals surface area contributed by atoms with E-state index in [1.54, 1.807) is 0 Å². The highest BCUT2D eigenvalue weighted by atomic mass is 16.7. The van der Waals surface area contributed by atoms with Gasteiger partial charge in [0, 0.05) is 19.5 Å². The zero-order valence-electron chi connectivity index (χ0n) is 38.5. The lowest BCUT2D eigenvalue weighted by molar-refractivity contribution is -0.147. The largest absolute Gasteiger partial charge is 0.443 e. The van der Waals surface area contributed by atoms with E-state index >= 15 is 0 Å². The zero-order valence-corrected chi connectivity index (χ0v) is 38.5. The highest BCUT2D eigenvalue weighted by molar-refractivity contribution is 5.75. The number of rotatable bonds is 40. The van der Waals surface area contributed by atoms with E-state index in [0.29, 0.717) is 65.4 Å². The summed E-state index contributed by atoms with van der Waals surface area (Å²) in [7, 11) is 0. The van der Waals surface area contributed by atoms with Crippen LogP contribution in [0, 0.1) is 0 Å². The standard InChI is InChI=1S/C46H92N2O8/c1-11-16-20-24-28-45(9,27-22-18-13-3)55-40-52-39-38-51-36-33-47-41(49)26-31-44(8,15-5)54-35-32-43(6,7)53-37-34-48-42(50)56-46(10,29-23-19-14-4)30-25-21-17-12-2/h11-40H2,1-10H3,(H,47,49)(H,48,50). The molecule has 0 spiro atoms. The molecule has 3 atom stereocenters. The molecule has 0 aliphatic heterocycles. The summed E-state index contributed by atoms with van der Waals surface area (Å²) in [6.45, 7) is 24.8. The molecule has 0 fully saturated rings. The van der Waals surface area contributed by atoms with Gasteiger partial charge in [-0.3, -0.25) is 4.79 Å². The first kappa shape index (κ1) is 54.5. The fourth-order valence-electron chi connectivity index (χ4n) is 6.74. The van der Waals surface area contributed by atoms with E-state index in [-0.39, 0.29) is 24.4 Å². The average molecular weight is 801 g/mol. The number of carbonyl (C=O) groups excluding carboxylic acids is 2. The van der Waals surface area contributed by atoms with Gasteiger partial charge in [-0.1, -0.05) is 112 Å². The minimum Gasteiger partial charge on any atom is -0.443 e. The monoisotopic (exact) mass is 801 g/mol. The minimum atomic E-state index is -0.430. The van der Waals surface area contributed by atoms with E-state index in [4.69, 9.17) is 28.4 Å². The van der Waals surface area contributed by atoms with Gasteiger partial charge >= 0.3 is 6.09 Å². The lowest BCUT2D eigenvalue weighted by atomic mass is 9.91. The van der Waals surface area contributed by atoms with Crippen LogP contribution < -0.4 is 10.6 Å². The maximum Gasteiger partial charge on any atom is 0.407 e. The Morgan fingerprint density at radius 3 is 1.55 bits per heavy atom. The fraction of sp³-hybridized carbons (Fsp3) is 0.957. The summed E-state index contributed by atoms with van der Waals surface area (Å²) < 4.78 is 36.0. The molecule has 0 bridgehead atoms. The van der Waals surface area contributed by atoms with Crippen molar-refractivity contribution in [1.82, 2.24) is 10.6 Å². The number of carbonyl (C=O) groups is 2. The number of unbranched alkanes of at least 4 members (excludes halogenated alkanes) is 10. The molecule has 334 valence electrons. The van der Waals surface area contributed by atoms with Gasteiger partial charge in [0.2, 0.25) is 5.91 Å². The molecule has 10 heteroatoms. The summed E-state index contributed by atoms with van der Waals surface area (Å²) in [5.41, 5.74) is -1.39. The highest BCUT2D eigenvalue weighted by Crippen LogP contribution is 2.28. The Morgan fingerprint density at radius 2 is 0.982 bits per heavy atom. The maximum absolute atomic E-state index is 12.7. The molecule has 0 saturated heterocycles. The summed E-state index contributed by atoms with van der Waals surface area (Å²) in [4.78, 5) is 25.3. The lowest BCUT2D eigenvalue weighted by Crippen LogP contribution is -2.39. The summed E-state index contributed by atoms with van der Waals surface area (Å²) in [6, 6.07) is 0. The molecule has 0 radical (unpaired) electrons. The maximum atomic E-state index is 12.7. The number of amides is 2. The van der Waals surface area contributed by atoms with Crippen molar-refractivity contribution >= 4 is 12.0 Å². The van der Waals surface area contributed by atoms with E-state index in [0.717, 1.165) is 57.8 Å². The van der Waals surface area contributed by atoms with Crippen LogP contribution in [0.1, 0.15) is 210 Å². The summed E-state index contributed by atoms with van der Waals surface area (Å²) >= 11 is 0. The molecule has 0 rings (SSSR count). The Hall–Kier alpha value is -1.46. The van der Waals surface area contributed by atoms with E-state index in [1.165, 1.54) is 64.2 Å². The van der Waals surface area contributed by atoms with Gasteiger partial charge in [0.25, 0.3) is 0 Å². The van der Waals surface area contributed by atoms with Crippen LogP contribution in [-0.2, 0) is 33.2 Å². The summed E-state index contributed by atoms with van der Waals surface area (Å²) in [5.74, 6) is -0.00437. The molecular weight excluding hydrogens is 709 g/mol. The van der Waals surface area contributed by atoms with Crippen LogP contribution in [0.4, 0.5) is 4.79 Å². The Labute approximate surface area is 345 Å². The molecule has 2 amide bonds. The van der Waals surface area contributed by atoms with E-state index in [1.807, 2.05) is 13.8 Å². The van der Waals surface area contributed by atoms with Gasteiger partial charge in [-0.15, -0.1) is 0 Å². The van der Waals surface area contributed by atoms with Gasteiger partial charge in [0.15, 0.2) is 0 Å². The first-order chi connectivity index (χ1) is 26.7. The molecule has 0 aromatic heterocycles. The fourth-order valence-corrected chi connectivity index (χ4v) is 6.74. The van der Waals surface area contributed by atoms with E-state index in [2.05, 4.69) is 66.0 Å². The second kappa shape index (κ2) is 33.4. The first-order valence-electron chi connectivity index (χ1n) is 23.0. The Balaban J connectivity index is 4.30. The number of nitrogens with one attached hydrogen (secondary N) is 2. The normalized spacial score (nSPS) is 15.2. The van der Waals surface area contributed by atoms with E-state index < -0.39 is 16.8 Å². The quantitative estimate of drug-likeness (QED) is 0.0465. The third-order valence-corrected chi connectivity index (χ3v) is 11.2. The van der Waals surface area contributed by atoms with Gasteiger partial charge in [-0.2, -0.15) is 0 Å². The Bertz CT molecular complexity index is 952. The predicted molar refractivity (Wildman–Crippen MR) is 231 cm³/mol. The van der Waals surface area contributed by atoms with Crippen molar-refractivity contribution in [1.29, 1.82) is 0 Å². The van der Waals surface area contributed by atoms with Crippen molar-refractivity contribution < 1.29 is 38.0 Å². The van der Waals surface area contributed by atoms with Gasteiger partial charge in [-0.25, -0.2) is 4.79 Å². The molecule has 0 aliphatic rings. The average Bonchev–Trinajstić information content (AvgIpc) is 3.15. The topological polar surface area (TPSA) is 114 Å². The molecule has 0 aromatic rings. The first-order valence-corrected chi connectivity index (χ1v) is 23.0. The second-order valence-electron chi connectivity index (χ2n) is 17.4. The molecule has 56 heavy (non-hydrogen) atoms. The third kappa shape index (κ3) is 30.6. The third-order valence-electron chi connectivity index (χ3n) is 11.2. The van der Waals surface area contributed by atoms with Crippen molar-refractivity contribution in [3.05, 3.63) is 0 Å². The van der Waals surface area contributed by atoms with Crippen LogP contribution in [0.25, 0.3) is 0 Å². The molecule has 0 aliphatic carbocycles. The van der Waals surface area contributed by atoms with Gasteiger partial charge in [-0.05, 0) is 92.4 Å². The molecule has 3 unspecified atom stereocenters. The smallest absolute Gasteiger partial charge is 0.407 e. The number of ether oxygens (including phenoxy) is 6. The van der Waals surface area contributed by atoms with Crippen LogP contribution >= 0.6 is 0 Å². The molecule has 0 aromatic carbocycles. The number of hydrogen-bond acceptors (Lipinski definition) is 8. The zero-order chi connectivity index (χ0) is 42.0. The lowest BCUT2D eigenvalue weighted by Gasteiger charge is -2.32. The van der Waals surface area contributed by atoms with Gasteiger partial charge in [0.1, 0.15) is 12.4 Å². The number of hydrogen-bond donors (Lipinski definition) is 2.